The van der Waals surface area contributed by atoms with E-state index in [1.165, 1.54) is 30.5 Å². The van der Waals surface area contributed by atoms with Crippen LogP contribution in [0.2, 0.25) is 5.15 Å². The molecule has 1 aromatic heterocycles. The first-order valence-electron chi connectivity index (χ1n) is 5.79. The number of para-hydroxylation sites is 1. The van der Waals surface area contributed by atoms with Gasteiger partial charge in [-0.05, 0) is 36.5 Å². The van der Waals surface area contributed by atoms with Crippen LogP contribution in [0.5, 0.6) is 0 Å². The molecule has 2 rings (SSSR count). The van der Waals surface area contributed by atoms with Crippen LogP contribution in [0, 0.1) is 5.82 Å². The standard InChI is InChI=1S/C13H10ClFN4OS/c14-11-6-5-8(7-16-11)12(20)18-19-13(21)17-10-4-2-1-3-9(10)15/h1-7H,(H,18,20)(H2,17,19,21). The lowest BCUT2D eigenvalue weighted by Crippen LogP contribution is -2.43. The number of thiocarbonyl (C=S) groups is 1. The van der Waals surface area contributed by atoms with Crippen molar-refractivity contribution in [2.45, 2.75) is 0 Å². The summed E-state index contributed by atoms with van der Waals surface area (Å²) in [6.45, 7) is 0. The van der Waals surface area contributed by atoms with E-state index in [1.807, 2.05) is 0 Å². The second kappa shape index (κ2) is 6.96. The van der Waals surface area contributed by atoms with E-state index in [0.29, 0.717) is 5.56 Å². The molecule has 0 saturated carbocycles. The molecule has 3 N–H and O–H groups in total. The number of hydrogen-bond donors (Lipinski definition) is 3. The summed E-state index contributed by atoms with van der Waals surface area (Å²) >= 11 is 10.6. The number of pyridine rings is 1. The lowest BCUT2D eigenvalue weighted by atomic mass is 10.3. The van der Waals surface area contributed by atoms with E-state index in [-0.39, 0.29) is 16.0 Å². The summed E-state index contributed by atoms with van der Waals surface area (Å²) in [4.78, 5) is 15.5. The molecule has 8 heteroatoms. The number of halogens is 2. The van der Waals surface area contributed by atoms with Crippen molar-refractivity contribution in [1.29, 1.82) is 0 Å². The lowest BCUT2D eigenvalue weighted by molar-refractivity contribution is 0.0944. The molecule has 0 fully saturated rings. The van der Waals surface area contributed by atoms with Crippen LogP contribution in [0.15, 0.2) is 42.6 Å². The maximum absolute atomic E-state index is 13.4. The Balaban J connectivity index is 1.88. The zero-order chi connectivity index (χ0) is 15.2. The number of benzene rings is 1. The molecule has 0 aliphatic carbocycles. The molecule has 1 aromatic carbocycles. The highest BCUT2D eigenvalue weighted by Gasteiger charge is 2.07. The van der Waals surface area contributed by atoms with Crippen molar-refractivity contribution in [2.75, 3.05) is 5.32 Å². The van der Waals surface area contributed by atoms with Crippen molar-refractivity contribution in [3.05, 3.63) is 59.1 Å². The van der Waals surface area contributed by atoms with Crippen molar-refractivity contribution >= 4 is 40.5 Å². The smallest absolute Gasteiger partial charge is 0.271 e. The minimum atomic E-state index is -0.449. The van der Waals surface area contributed by atoms with E-state index in [4.69, 9.17) is 23.8 Å². The first-order valence-corrected chi connectivity index (χ1v) is 6.58. The van der Waals surface area contributed by atoms with Crippen LogP contribution in [-0.2, 0) is 0 Å². The van der Waals surface area contributed by atoms with Gasteiger partial charge in [-0.25, -0.2) is 9.37 Å². The van der Waals surface area contributed by atoms with Crippen molar-refractivity contribution < 1.29 is 9.18 Å². The Bertz CT molecular complexity index is 665. The minimum absolute atomic E-state index is 0.0513. The van der Waals surface area contributed by atoms with Gasteiger partial charge in [-0.15, -0.1) is 0 Å². The van der Waals surface area contributed by atoms with Crippen LogP contribution in [0.4, 0.5) is 10.1 Å². The number of amides is 1. The zero-order valence-electron chi connectivity index (χ0n) is 10.6. The molecule has 1 heterocycles. The average molecular weight is 325 g/mol. The largest absolute Gasteiger partial charge is 0.329 e. The number of carbonyl (C=O) groups is 1. The summed E-state index contributed by atoms with van der Waals surface area (Å²) in [6.07, 6.45) is 1.33. The number of carbonyl (C=O) groups excluding carboxylic acids is 1. The molecule has 21 heavy (non-hydrogen) atoms. The average Bonchev–Trinajstić information content (AvgIpc) is 2.48. The highest BCUT2D eigenvalue weighted by molar-refractivity contribution is 7.80. The number of nitrogens with one attached hydrogen (secondary N) is 3. The lowest BCUT2D eigenvalue weighted by Gasteiger charge is -2.11. The molecule has 0 atom stereocenters. The summed E-state index contributed by atoms with van der Waals surface area (Å²) in [5.74, 6) is -0.897. The monoisotopic (exact) mass is 324 g/mol. The number of aromatic nitrogens is 1. The number of hydrazine groups is 1. The van der Waals surface area contributed by atoms with Gasteiger partial charge in [0.25, 0.3) is 5.91 Å². The van der Waals surface area contributed by atoms with Gasteiger partial charge in [0.2, 0.25) is 0 Å². The Morgan fingerprint density at radius 1 is 1.19 bits per heavy atom. The highest BCUT2D eigenvalue weighted by Crippen LogP contribution is 2.11. The SMILES string of the molecule is O=C(NNC(=S)Nc1ccccc1F)c1ccc(Cl)nc1. The zero-order valence-corrected chi connectivity index (χ0v) is 12.1. The van der Waals surface area contributed by atoms with E-state index in [0.717, 1.165) is 0 Å². The molecule has 0 aliphatic heterocycles. The Hall–Kier alpha value is -2.25. The number of hydrogen-bond acceptors (Lipinski definition) is 3. The topological polar surface area (TPSA) is 66.1 Å². The Labute approximate surface area is 130 Å². The molecule has 5 nitrogen and oxygen atoms in total. The maximum atomic E-state index is 13.4. The van der Waals surface area contributed by atoms with Crippen LogP contribution in [0.1, 0.15) is 10.4 Å². The van der Waals surface area contributed by atoms with Crippen LogP contribution in [0.25, 0.3) is 0 Å². The van der Waals surface area contributed by atoms with Crippen molar-refractivity contribution in [1.82, 2.24) is 15.8 Å². The summed E-state index contributed by atoms with van der Waals surface area (Å²) in [5.41, 5.74) is 5.34. The molecule has 0 saturated heterocycles. The van der Waals surface area contributed by atoms with Crippen LogP contribution >= 0.6 is 23.8 Å². The van der Waals surface area contributed by atoms with Crippen LogP contribution in [0.3, 0.4) is 0 Å². The van der Waals surface area contributed by atoms with Crippen molar-refractivity contribution in [3.8, 4) is 0 Å². The van der Waals surface area contributed by atoms with Gasteiger partial charge >= 0.3 is 0 Å². The molecule has 0 aliphatic rings. The summed E-state index contributed by atoms with van der Waals surface area (Å²) in [7, 11) is 0. The number of nitrogens with zero attached hydrogens (tertiary/aromatic N) is 1. The third-order valence-electron chi connectivity index (χ3n) is 2.40. The predicted octanol–water partition coefficient (Wildman–Crippen LogP) is 2.51. The van der Waals surface area contributed by atoms with Gasteiger partial charge < -0.3 is 5.32 Å². The van der Waals surface area contributed by atoms with Gasteiger partial charge in [-0.3, -0.25) is 15.6 Å². The van der Waals surface area contributed by atoms with Gasteiger partial charge in [0.15, 0.2) is 5.11 Å². The molecular formula is C13H10ClFN4OS. The summed E-state index contributed by atoms with van der Waals surface area (Å²) in [5, 5.41) is 2.96. The van der Waals surface area contributed by atoms with Crippen molar-refractivity contribution in [3.63, 3.8) is 0 Å². The number of rotatable bonds is 2. The van der Waals surface area contributed by atoms with Gasteiger partial charge in [-0.2, -0.15) is 0 Å². The molecular weight excluding hydrogens is 315 g/mol. The van der Waals surface area contributed by atoms with Crippen molar-refractivity contribution in [2.24, 2.45) is 0 Å². The van der Waals surface area contributed by atoms with E-state index in [1.54, 1.807) is 12.1 Å². The predicted molar refractivity (Wildman–Crippen MR) is 82.5 cm³/mol. The second-order valence-corrected chi connectivity index (χ2v) is 4.68. The Morgan fingerprint density at radius 3 is 2.62 bits per heavy atom. The summed E-state index contributed by atoms with van der Waals surface area (Å²) < 4.78 is 13.4. The molecule has 0 bridgehead atoms. The maximum Gasteiger partial charge on any atom is 0.271 e. The summed E-state index contributed by atoms with van der Waals surface area (Å²) in [6, 6.07) is 9.04. The number of anilines is 1. The van der Waals surface area contributed by atoms with E-state index in [9.17, 15) is 9.18 Å². The quantitative estimate of drug-likeness (QED) is 0.450. The van der Waals surface area contributed by atoms with E-state index < -0.39 is 11.7 Å². The van der Waals surface area contributed by atoms with Gasteiger partial charge in [-0.1, -0.05) is 23.7 Å². The van der Waals surface area contributed by atoms with E-state index in [2.05, 4.69) is 21.2 Å². The minimum Gasteiger partial charge on any atom is -0.329 e. The Morgan fingerprint density at radius 2 is 1.95 bits per heavy atom. The normalized spacial score (nSPS) is 9.81. The first kappa shape index (κ1) is 15.1. The second-order valence-electron chi connectivity index (χ2n) is 3.88. The first-order chi connectivity index (χ1) is 10.1. The molecule has 2 aromatic rings. The van der Waals surface area contributed by atoms with Gasteiger partial charge in [0.05, 0.1) is 11.3 Å². The van der Waals surface area contributed by atoms with E-state index >= 15 is 0 Å². The molecule has 0 radical (unpaired) electrons. The molecule has 0 unspecified atom stereocenters. The van der Waals surface area contributed by atoms with Crippen LogP contribution < -0.4 is 16.2 Å². The third kappa shape index (κ3) is 4.37. The molecule has 0 spiro atoms. The highest BCUT2D eigenvalue weighted by atomic mass is 35.5. The fourth-order valence-electron chi connectivity index (χ4n) is 1.41. The van der Waals surface area contributed by atoms with Crippen LogP contribution in [-0.4, -0.2) is 16.0 Å². The fourth-order valence-corrected chi connectivity index (χ4v) is 1.68. The van der Waals surface area contributed by atoms with Gasteiger partial charge in [0.1, 0.15) is 11.0 Å². The third-order valence-corrected chi connectivity index (χ3v) is 2.83. The van der Waals surface area contributed by atoms with Gasteiger partial charge in [0, 0.05) is 6.20 Å². The fraction of sp³-hybridized carbons (Fsp3) is 0. The molecule has 1 amide bonds. The molecule has 108 valence electrons. The Kier molecular flexibility index (Phi) is 5.02.